The van der Waals surface area contributed by atoms with Gasteiger partial charge in [-0.15, -0.1) is 0 Å². The number of carbonyl (C=O) groups is 1. The lowest BCUT2D eigenvalue weighted by atomic mass is 10.1. The predicted molar refractivity (Wildman–Crippen MR) is 80.8 cm³/mol. The molecule has 3 rings (SSSR count). The van der Waals surface area contributed by atoms with Crippen LogP contribution in [0.15, 0.2) is 30.3 Å². The van der Waals surface area contributed by atoms with Crippen molar-refractivity contribution in [1.29, 1.82) is 0 Å². The van der Waals surface area contributed by atoms with E-state index in [0.717, 1.165) is 23.9 Å². The molecule has 110 valence electrons. The van der Waals surface area contributed by atoms with E-state index in [-0.39, 0.29) is 5.91 Å². The molecule has 6 heteroatoms. The van der Waals surface area contributed by atoms with Crippen LogP contribution in [0.5, 0.6) is 0 Å². The third-order valence-electron chi connectivity index (χ3n) is 3.68. The lowest BCUT2D eigenvalue weighted by Gasteiger charge is -2.11. The van der Waals surface area contributed by atoms with E-state index < -0.39 is 0 Å². The first-order chi connectivity index (χ1) is 10.3. The van der Waals surface area contributed by atoms with Crippen LogP contribution in [-0.2, 0) is 4.74 Å². The number of fused-ring (bicyclic) bond motifs is 1. The quantitative estimate of drug-likeness (QED) is 0.582. The average Bonchev–Trinajstić information content (AvgIpc) is 3.04. The van der Waals surface area contributed by atoms with Crippen LogP contribution in [-0.4, -0.2) is 30.6 Å². The molecule has 0 saturated carbocycles. The highest BCUT2D eigenvalue weighted by atomic mass is 16.5. The van der Waals surface area contributed by atoms with Crippen molar-refractivity contribution in [3.8, 4) is 0 Å². The van der Waals surface area contributed by atoms with E-state index in [1.807, 2.05) is 24.3 Å². The summed E-state index contributed by atoms with van der Waals surface area (Å²) < 4.78 is 5.30. The van der Waals surface area contributed by atoms with Crippen LogP contribution in [0.1, 0.15) is 16.9 Å². The molecular formula is C15H18N4O2. The molecule has 1 fully saturated rings. The third-order valence-corrected chi connectivity index (χ3v) is 3.68. The summed E-state index contributed by atoms with van der Waals surface area (Å²) in [5, 5.41) is 3.80. The maximum atomic E-state index is 12.2. The molecule has 0 spiro atoms. The van der Waals surface area contributed by atoms with E-state index >= 15 is 0 Å². The number of ether oxygens (including phenoxy) is 1. The van der Waals surface area contributed by atoms with Crippen LogP contribution >= 0.6 is 0 Å². The Morgan fingerprint density at radius 2 is 2.29 bits per heavy atom. The van der Waals surface area contributed by atoms with E-state index in [1.165, 1.54) is 0 Å². The van der Waals surface area contributed by atoms with Crippen LogP contribution in [0, 0.1) is 5.92 Å². The Bertz CT molecular complexity index is 653. The van der Waals surface area contributed by atoms with Crippen LogP contribution < -0.4 is 16.6 Å². The fourth-order valence-corrected chi connectivity index (χ4v) is 2.48. The number of para-hydroxylation sites is 1. The summed E-state index contributed by atoms with van der Waals surface area (Å²) in [5.41, 5.74) is 4.41. The summed E-state index contributed by atoms with van der Waals surface area (Å²) in [6.45, 7) is 2.09. The SMILES string of the molecule is NNc1cc(C(=O)NCC2CCOC2)nc2ccccc12. The van der Waals surface area contributed by atoms with Crippen LogP contribution in [0.3, 0.4) is 0 Å². The first kappa shape index (κ1) is 13.8. The lowest BCUT2D eigenvalue weighted by molar-refractivity contribution is 0.0940. The third kappa shape index (κ3) is 2.96. The molecule has 21 heavy (non-hydrogen) atoms. The number of nitrogens with zero attached hydrogens (tertiary/aromatic N) is 1. The Labute approximate surface area is 122 Å². The number of nitrogen functional groups attached to an aromatic ring is 1. The molecule has 0 aliphatic carbocycles. The average molecular weight is 286 g/mol. The normalized spacial score (nSPS) is 17.9. The second-order valence-corrected chi connectivity index (χ2v) is 5.16. The van der Waals surface area contributed by atoms with Gasteiger partial charge in [0.25, 0.3) is 5.91 Å². The van der Waals surface area contributed by atoms with Crippen LogP contribution in [0.2, 0.25) is 0 Å². The second kappa shape index (κ2) is 6.07. The summed E-state index contributed by atoms with van der Waals surface area (Å²) in [6.07, 6.45) is 0.987. The highest BCUT2D eigenvalue weighted by Gasteiger charge is 2.18. The van der Waals surface area contributed by atoms with Crippen molar-refractivity contribution < 1.29 is 9.53 Å². The fraction of sp³-hybridized carbons (Fsp3) is 0.333. The number of amides is 1. The van der Waals surface area contributed by atoms with Gasteiger partial charge in [-0.05, 0) is 18.6 Å². The maximum absolute atomic E-state index is 12.2. The van der Waals surface area contributed by atoms with Gasteiger partial charge in [0.05, 0.1) is 17.8 Å². The van der Waals surface area contributed by atoms with Gasteiger partial charge >= 0.3 is 0 Å². The van der Waals surface area contributed by atoms with Gasteiger partial charge in [-0.1, -0.05) is 18.2 Å². The van der Waals surface area contributed by atoms with Crippen molar-refractivity contribution in [2.45, 2.75) is 6.42 Å². The first-order valence-electron chi connectivity index (χ1n) is 7.00. The molecule has 1 amide bonds. The Hall–Kier alpha value is -2.18. The van der Waals surface area contributed by atoms with Crippen molar-refractivity contribution in [1.82, 2.24) is 10.3 Å². The molecule has 1 aromatic heterocycles. The number of anilines is 1. The standard InChI is InChI=1S/C15H18N4O2/c16-19-13-7-14(18-12-4-2-1-3-11(12)13)15(20)17-8-10-5-6-21-9-10/h1-4,7,10H,5-6,8-9,16H2,(H,17,20)(H,18,19). The zero-order chi connectivity index (χ0) is 14.7. The molecule has 1 aromatic carbocycles. The van der Waals surface area contributed by atoms with Crippen molar-refractivity contribution in [2.24, 2.45) is 11.8 Å². The fourth-order valence-electron chi connectivity index (χ4n) is 2.48. The van der Waals surface area contributed by atoms with E-state index in [4.69, 9.17) is 10.6 Å². The number of hydrazine groups is 1. The largest absolute Gasteiger partial charge is 0.381 e. The number of pyridine rings is 1. The van der Waals surface area contributed by atoms with Crippen LogP contribution in [0.4, 0.5) is 5.69 Å². The molecular weight excluding hydrogens is 268 g/mol. The van der Waals surface area contributed by atoms with Gasteiger partial charge in [0.15, 0.2) is 0 Å². The highest BCUT2D eigenvalue weighted by Crippen LogP contribution is 2.22. The molecule has 1 atom stereocenters. The molecule has 1 aliphatic rings. The lowest BCUT2D eigenvalue weighted by Crippen LogP contribution is -2.30. The molecule has 2 heterocycles. The predicted octanol–water partition coefficient (Wildman–Crippen LogP) is 1.29. The maximum Gasteiger partial charge on any atom is 0.269 e. The Morgan fingerprint density at radius 1 is 1.43 bits per heavy atom. The zero-order valence-electron chi connectivity index (χ0n) is 11.6. The number of nitrogens with two attached hydrogens (primary N) is 1. The second-order valence-electron chi connectivity index (χ2n) is 5.16. The molecule has 1 saturated heterocycles. The van der Waals surface area contributed by atoms with Crippen LogP contribution in [0.25, 0.3) is 10.9 Å². The minimum Gasteiger partial charge on any atom is -0.381 e. The molecule has 6 nitrogen and oxygen atoms in total. The molecule has 2 aromatic rings. The topological polar surface area (TPSA) is 89.3 Å². The zero-order valence-corrected chi connectivity index (χ0v) is 11.6. The van der Waals surface area contributed by atoms with Crippen molar-refractivity contribution in [2.75, 3.05) is 25.2 Å². The number of hydrogen-bond donors (Lipinski definition) is 3. The number of carbonyl (C=O) groups excluding carboxylic acids is 1. The van der Waals surface area contributed by atoms with Gasteiger partial charge < -0.3 is 15.5 Å². The Morgan fingerprint density at radius 3 is 3.05 bits per heavy atom. The van der Waals surface area contributed by atoms with Gasteiger partial charge in [-0.3, -0.25) is 10.6 Å². The molecule has 0 bridgehead atoms. The van der Waals surface area contributed by atoms with Gasteiger partial charge in [0.2, 0.25) is 0 Å². The monoisotopic (exact) mass is 286 g/mol. The summed E-state index contributed by atoms with van der Waals surface area (Å²) in [7, 11) is 0. The number of hydrogen-bond acceptors (Lipinski definition) is 5. The Balaban J connectivity index is 1.80. The van der Waals surface area contributed by atoms with Gasteiger partial charge in [0, 0.05) is 24.5 Å². The smallest absolute Gasteiger partial charge is 0.269 e. The summed E-state index contributed by atoms with van der Waals surface area (Å²) in [5.74, 6) is 5.73. The van der Waals surface area contributed by atoms with Crippen molar-refractivity contribution in [3.63, 3.8) is 0 Å². The van der Waals surface area contributed by atoms with E-state index in [9.17, 15) is 4.79 Å². The van der Waals surface area contributed by atoms with E-state index in [1.54, 1.807) is 6.07 Å². The molecule has 0 radical (unpaired) electrons. The number of nitrogens with one attached hydrogen (secondary N) is 2. The minimum atomic E-state index is -0.191. The first-order valence-corrected chi connectivity index (χ1v) is 7.00. The highest BCUT2D eigenvalue weighted by molar-refractivity contribution is 5.99. The molecule has 1 aliphatic heterocycles. The number of benzene rings is 1. The van der Waals surface area contributed by atoms with Crippen molar-refractivity contribution in [3.05, 3.63) is 36.0 Å². The number of aromatic nitrogens is 1. The summed E-state index contributed by atoms with van der Waals surface area (Å²) in [4.78, 5) is 16.6. The minimum absolute atomic E-state index is 0.191. The Kier molecular flexibility index (Phi) is 3.98. The van der Waals surface area contributed by atoms with Gasteiger partial charge in [0.1, 0.15) is 5.69 Å². The molecule has 1 unspecified atom stereocenters. The van der Waals surface area contributed by atoms with Crippen molar-refractivity contribution >= 4 is 22.5 Å². The van der Waals surface area contributed by atoms with E-state index in [0.29, 0.717) is 30.5 Å². The van der Waals surface area contributed by atoms with Gasteiger partial charge in [-0.25, -0.2) is 4.98 Å². The van der Waals surface area contributed by atoms with E-state index in [2.05, 4.69) is 15.7 Å². The molecule has 4 N–H and O–H groups in total. The van der Waals surface area contributed by atoms with Gasteiger partial charge in [-0.2, -0.15) is 0 Å². The summed E-state index contributed by atoms with van der Waals surface area (Å²) >= 11 is 0. The summed E-state index contributed by atoms with van der Waals surface area (Å²) in [6, 6.07) is 9.23. The number of rotatable bonds is 4.